The minimum absolute atomic E-state index is 0. The van der Waals surface area contributed by atoms with Gasteiger partial charge in [-0.1, -0.05) is 19.8 Å². The lowest BCUT2D eigenvalue weighted by Gasteiger charge is -2.26. The topological polar surface area (TPSA) is 55.1 Å². The summed E-state index contributed by atoms with van der Waals surface area (Å²) in [7, 11) is 0. The third-order valence-electron chi connectivity index (χ3n) is 3.67. The number of amides is 1. The van der Waals surface area contributed by atoms with Crippen molar-refractivity contribution in [1.29, 1.82) is 0 Å². The van der Waals surface area contributed by atoms with E-state index in [1.54, 1.807) is 11.8 Å². The average Bonchev–Trinajstić information content (AvgIpc) is 2.34. The Morgan fingerprint density at radius 1 is 1.39 bits per heavy atom. The number of carbonyl (C=O) groups excluding carboxylic acids is 1. The van der Waals surface area contributed by atoms with E-state index in [2.05, 4.69) is 12.2 Å². The summed E-state index contributed by atoms with van der Waals surface area (Å²) in [4.78, 5) is 11.7. The van der Waals surface area contributed by atoms with Crippen LogP contribution in [0.5, 0.6) is 0 Å². The number of halogens is 1. The molecule has 1 aliphatic carbocycles. The zero-order chi connectivity index (χ0) is 12.7. The van der Waals surface area contributed by atoms with Crippen molar-refractivity contribution in [3.63, 3.8) is 0 Å². The first-order chi connectivity index (χ1) is 8.13. The molecule has 108 valence electrons. The van der Waals surface area contributed by atoms with Crippen molar-refractivity contribution >= 4 is 30.1 Å². The first-order valence-electron chi connectivity index (χ1n) is 6.65. The summed E-state index contributed by atoms with van der Waals surface area (Å²) in [5.74, 6) is 2.52. The second-order valence-corrected chi connectivity index (χ2v) is 6.24. The van der Waals surface area contributed by atoms with E-state index >= 15 is 0 Å². The smallest absolute Gasteiger partial charge is 0.236 e. The van der Waals surface area contributed by atoms with Gasteiger partial charge in [0.1, 0.15) is 0 Å². The van der Waals surface area contributed by atoms with Gasteiger partial charge in [0.15, 0.2) is 0 Å². The Balaban J connectivity index is 0.00000289. The molecule has 18 heavy (non-hydrogen) atoms. The number of thioether (sulfide) groups is 1. The number of carbonyl (C=O) groups is 1. The fourth-order valence-corrected chi connectivity index (χ4v) is 2.77. The molecule has 3 nitrogen and oxygen atoms in total. The van der Waals surface area contributed by atoms with Gasteiger partial charge < -0.3 is 11.1 Å². The van der Waals surface area contributed by atoms with Crippen LogP contribution in [0.4, 0.5) is 0 Å². The molecule has 0 aliphatic heterocycles. The highest BCUT2D eigenvalue weighted by atomic mass is 35.5. The van der Waals surface area contributed by atoms with Gasteiger partial charge in [-0.05, 0) is 43.1 Å². The molecule has 1 atom stereocenters. The van der Waals surface area contributed by atoms with Crippen LogP contribution in [0, 0.1) is 11.8 Å². The summed E-state index contributed by atoms with van der Waals surface area (Å²) in [6.07, 6.45) is 7.92. The zero-order valence-corrected chi connectivity index (χ0v) is 13.1. The summed E-state index contributed by atoms with van der Waals surface area (Å²) < 4.78 is 0. The molecule has 3 N–H and O–H groups in total. The molecule has 0 radical (unpaired) electrons. The monoisotopic (exact) mass is 294 g/mol. The number of rotatable bonds is 6. The molecule has 1 amide bonds. The molecular weight excluding hydrogens is 268 g/mol. The number of hydrogen-bond acceptors (Lipinski definition) is 3. The fourth-order valence-electron chi connectivity index (χ4n) is 2.29. The van der Waals surface area contributed by atoms with Gasteiger partial charge in [-0.15, -0.1) is 12.4 Å². The molecule has 0 aromatic carbocycles. The molecule has 0 spiro atoms. The van der Waals surface area contributed by atoms with Gasteiger partial charge in [0.05, 0.1) is 6.04 Å². The normalized spacial score (nSPS) is 25.1. The maximum Gasteiger partial charge on any atom is 0.236 e. The average molecular weight is 295 g/mol. The predicted octanol–water partition coefficient (Wildman–Crippen LogP) is 2.43. The highest BCUT2D eigenvalue weighted by Gasteiger charge is 2.20. The Morgan fingerprint density at radius 2 is 2.00 bits per heavy atom. The standard InChI is InChI=1S/C13H26N2OS.ClH/c1-10-3-5-11(6-4-10)9-15-13(16)12(14)7-8-17-2;/h10-12H,3-9,14H2,1-2H3,(H,15,16);1H/t10?,11?,12-;/m0./s1. The summed E-state index contributed by atoms with van der Waals surface area (Å²) in [6.45, 7) is 3.13. The van der Waals surface area contributed by atoms with Crippen LogP contribution >= 0.6 is 24.2 Å². The van der Waals surface area contributed by atoms with E-state index in [-0.39, 0.29) is 24.4 Å². The van der Waals surface area contributed by atoms with Crippen molar-refractivity contribution < 1.29 is 4.79 Å². The van der Waals surface area contributed by atoms with Crippen LogP contribution in [0.1, 0.15) is 39.0 Å². The molecule has 5 heteroatoms. The largest absolute Gasteiger partial charge is 0.354 e. The first kappa shape index (κ1) is 18.1. The van der Waals surface area contributed by atoms with Crippen LogP contribution in [0.25, 0.3) is 0 Å². The third-order valence-corrected chi connectivity index (χ3v) is 4.31. The fraction of sp³-hybridized carbons (Fsp3) is 0.923. The highest BCUT2D eigenvalue weighted by Crippen LogP contribution is 2.27. The SMILES string of the molecule is CSCC[C@H](N)C(=O)NCC1CCC(C)CC1.Cl. The minimum atomic E-state index is -0.329. The molecule has 0 saturated heterocycles. The Morgan fingerprint density at radius 3 is 2.56 bits per heavy atom. The minimum Gasteiger partial charge on any atom is -0.354 e. The van der Waals surface area contributed by atoms with E-state index in [0.29, 0.717) is 5.92 Å². The Hall–Kier alpha value is 0.0700. The van der Waals surface area contributed by atoms with Crippen molar-refractivity contribution in [2.75, 3.05) is 18.6 Å². The van der Waals surface area contributed by atoms with Crippen molar-refractivity contribution in [1.82, 2.24) is 5.32 Å². The zero-order valence-electron chi connectivity index (χ0n) is 11.5. The lowest BCUT2D eigenvalue weighted by atomic mass is 9.83. The third kappa shape index (κ3) is 6.86. The quantitative estimate of drug-likeness (QED) is 0.791. The molecule has 1 rings (SSSR count). The van der Waals surface area contributed by atoms with Crippen LogP contribution in [-0.2, 0) is 4.79 Å². The maximum absolute atomic E-state index is 11.7. The second-order valence-electron chi connectivity index (χ2n) is 5.26. The van der Waals surface area contributed by atoms with Gasteiger partial charge in [0, 0.05) is 6.54 Å². The van der Waals surface area contributed by atoms with Gasteiger partial charge in [-0.2, -0.15) is 11.8 Å². The van der Waals surface area contributed by atoms with Crippen molar-refractivity contribution in [3.05, 3.63) is 0 Å². The van der Waals surface area contributed by atoms with Crippen LogP contribution in [0.3, 0.4) is 0 Å². The molecule has 0 aromatic rings. The molecular formula is C13H27ClN2OS. The molecule has 1 fully saturated rings. The van der Waals surface area contributed by atoms with E-state index in [9.17, 15) is 4.79 Å². The Labute approximate surface area is 121 Å². The summed E-state index contributed by atoms with van der Waals surface area (Å²) >= 11 is 1.73. The van der Waals surface area contributed by atoms with Crippen LogP contribution in [-0.4, -0.2) is 30.5 Å². The van der Waals surface area contributed by atoms with Gasteiger partial charge in [-0.3, -0.25) is 4.79 Å². The second kappa shape index (κ2) is 9.93. The molecule has 0 unspecified atom stereocenters. The van der Waals surface area contributed by atoms with Crippen molar-refractivity contribution in [3.8, 4) is 0 Å². The summed E-state index contributed by atoms with van der Waals surface area (Å²) in [5, 5.41) is 3.00. The van der Waals surface area contributed by atoms with Gasteiger partial charge in [-0.25, -0.2) is 0 Å². The molecule has 1 saturated carbocycles. The van der Waals surface area contributed by atoms with Crippen LogP contribution in [0.2, 0.25) is 0 Å². The number of nitrogens with one attached hydrogen (secondary N) is 1. The van der Waals surface area contributed by atoms with Gasteiger partial charge in [0.2, 0.25) is 5.91 Å². The summed E-state index contributed by atoms with van der Waals surface area (Å²) in [5.41, 5.74) is 5.82. The Kier molecular flexibility index (Phi) is 9.97. The van der Waals surface area contributed by atoms with Gasteiger partial charge in [0.25, 0.3) is 0 Å². The van der Waals surface area contributed by atoms with E-state index in [1.165, 1.54) is 25.7 Å². The van der Waals surface area contributed by atoms with Gasteiger partial charge >= 0.3 is 0 Å². The number of hydrogen-bond donors (Lipinski definition) is 2. The molecule has 0 aromatic heterocycles. The summed E-state index contributed by atoms with van der Waals surface area (Å²) in [6, 6.07) is -0.329. The van der Waals surface area contributed by atoms with E-state index in [4.69, 9.17) is 5.73 Å². The van der Waals surface area contributed by atoms with Crippen molar-refractivity contribution in [2.24, 2.45) is 17.6 Å². The molecule has 1 aliphatic rings. The molecule has 0 bridgehead atoms. The van der Waals surface area contributed by atoms with E-state index in [0.717, 1.165) is 24.6 Å². The van der Waals surface area contributed by atoms with Crippen LogP contribution < -0.4 is 11.1 Å². The lowest BCUT2D eigenvalue weighted by molar-refractivity contribution is -0.122. The Bertz CT molecular complexity index is 233. The van der Waals surface area contributed by atoms with E-state index < -0.39 is 0 Å². The van der Waals surface area contributed by atoms with E-state index in [1.807, 2.05) is 6.26 Å². The number of nitrogens with two attached hydrogens (primary N) is 1. The lowest BCUT2D eigenvalue weighted by Crippen LogP contribution is -2.43. The highest BCUT2D eigenvalue weighted by molar-refractivity contribution is 7.98. The maximum atomic E-state index is 11.7. The van der Waals surface area contributed by atoms with Crippen molar-refractivity contribution in [2.45, 2.75) is 45.1 Å². The predicted molar refractivity (Wildman–Crippen MR) is 82.4 cm³/mol. The van der Waals surface area contributed by atoms with Crippen LogP contribution in [0.15, 0.2) is 0 Å². The molecule has 0 heterocycles. The first-order valence-corrected chi connectivity index (χ1v) is 8.05.